The Hall–Kier alpha value is -0.950. The van der Waals surface area contributed by atoms with Gasteiger partial charge < -0.3 is 25.2 Å². The summed E-state index contributed by atoms with van der Waals surface area (Å²) >= 11 is 0. The maximum Gasteiger partial charge on any atom is 0.303 e. The van der Waals surface area contributed by atoms with Crippen LogP contribution in [0.3, 0.4) is 0 Å². The van der Waals surface area contributed by atoms with E-state index in [1.165, 1.54) is 0 Å². The van der Waals surface area contributed by atoms with Crippen molar-refractivity contribution in [1.29, 1.82) is 0 Å². The molecule has 1 heterocycles. The number of carboxylic acids is 1. The van der Waals surface area contributed by atoms with Crippen molar-refractivity contribution in [1.82, 2.24) is 0 Å². The summed E-state index contributed by atoms with van der Waals surface area (Å²) in [5.41, 5.74) is 0. The average molecular weight is 344 g/mol. The molecule has 0 aromatic rings. The molecule has 0 aliphatic carbocycles. The molecule has 0 saturated carbocycles. The van der Waals surface area contributed by atoms with E-state index < -0.39 is 30.4 Å². The lowest BCUT2D eigenvalue weighted by Gasteiger charge is -2.16. The summed E-state index contributed by atoms with van der Waals surface area (Å²) in [5.74, 6) is -0.749. The molecule has 0 spiro atoms. The molecule has 140 valence electrons. The van der Waals surface area contributed by atoms with Gasteiger partial charge in [0, 0.05) is 12.8 Å². The molecule has 0 aromatic heterocycles. The van der Waals surface area contributed by atoms with Crippen LogP contribution in [0.5, 0.6) is 0 Å². The van der Waals surface area contributed by atoms with Crippen molar-refractivity contribution in [2.75, 3.05) is 0 Å². The monoisotopic (exact) mass is 344 g/mol. The number of carboxylic acid groups (broad SMARTS) is 1. The fourth-order valence-corrected chi connectivity index (χ4v) is 2.90. The summed E-state index contributed by atoms with van der Waals surface area (Å²) in [5, 5.41) is 38.2. The number of hydrogen-bond donors (Lipinski definition) is 4. The van der Waals surface area contributed by atoms with Gasteiger partial charge in [-0.1, -0.05) is 44.8 Å². The van der Waals surface area contributed by atoms with E-state index in [1.807, 2.05) is 6.92 Å². The van der Waals surface area contributed by atoms with E-state index in [1.54, 1.807) is 12.2 Å². The summed E-state index contributed by atoms with van der Waals surface area (Å²) in [6.07, 6.45) is 7.04. The van der Waals surface area contributed by atoms with Crippen LogP contribution in [0.25, 0.3) is 0 Å². The van der Waals surface area contributed by atoms with E-state index in [0.717, 1.165) is 25.7 Å². The Balaban J connectivity index is 2.15. The zero-order valence-electron chi connectivity index (χ0n) is 14.5. The number of aliphatic hydroxyl groups excluding tert-OH is 3. The topological polar surface area (TPSA) is 107 Å². The lowest BCUT2D eigenvalue weighted by molar-refractivity contribution is -0.137. The van der Waals surface area contributed by atoms with Crippen molar-refractivity contribution < 1.29 is 30.0 Å². The molecule has 1 saturated heterocycles. The highest BCUT2D eigenvalue weighted by Crippen LogP contribution is 2.25. The maximum atomic E-state index is 10.4. The lowest BCUT2D eigenvalue weighted by atomic mass is 10.0. The zero-order chi connectivity index (χ0) is 17.9. The van der Waals surface area contributed by atoms with Gasteiger partial charge in [-0.15, -0.1) is 0 Å². The molecule has 0 radical (unpaired) electrons. The van der Waals surface area contributed by atoms with E-state index in [2.05, 4.69) is 0 Å². The molecule has 6 heteroatoms. The van der Waals surface area contributed by atoms with Crippen molar-refractivity contribution >= 4 is 5.97 Å². The first-order valence-corrected chi connectivity index (χ1v) is 9.03. The second kappa shape index (κ2) is 11.6. The van der Waals surface area contributed by atoms with Gasteiger partial charge in [0.1, 0.15) is 6.10 Å². The lowest BCUT2D eigenvalue weighted by Crippen LogP contribution is -2.25. The largest absolute Gasteiger partial charge is 0.481 e. The molecule has 4 N–H and O–H groups in total. The Kier molecular flexibility index (Phi) is 10.2. The van der Waals surface area contributed by atoms with Gasteiger partial charge in [0.15, 0.2) is 0 Å². The molecule has 5 atom stereocenters. The first-order chi connectivity index (χ1) is 11.4. The highest BCUT2D eigenvalue weighted by Gasteiger charge is 2.35. The number of rotatable bonds is 12. The minimum atomic E-state index is -0.749. The summed E-state index contributed by atoms with van der Waals surface area (Å²) < 4.78 is 5.62. The average Bonchev–Trinajstić information content (AvgIpc) is 2.92. The molecule has 0 amide bonds. The molecule has 1 aliphatic heterocycles. The molecule has 0 unspecified atom stereocenters. The first kappa shape index (κ1) is 21.1. The number of ether oxygens (including phenoxy) is 1. The van der Waals surface area contributed by atoms with Crippen LogP contribution in [0.15, 0.2) is 12.2 Å². The van der Waals surface area contributed by atoms with Crippen LogP contribution >= 0.6 is 0 Å². The van der Waals surface area contributed by atoms with Crippen molar-refractivity contribution in [3.8, 4) is 0 Å². The minimum absolute atomic E-state index is 0.225. The Morgan fingerprint density at radius 2 is 1.88 bits per heavy atom. The van der Waals surface area contributed by atoms with E-state index in [0.29, 0.717) is 25.7 Å². The molecule has 1 aliphatic rings. The third-order valence-electron chi connectivity index (χ3n) is 4.45. The SMILES string of the molecule is CC[C@@H](O)[C@@H]1C[C@@H](O)[C@H](/C=C/[C@H](O)CCCCCCCC(=O)O)O1. The predicted molar refractivity (Wildman–Crippen MR) is 90.7 cm³/mol. The Morgan fingerprint density at radius 3 is 2.54 bits per heavy atom. The van der Waals surface area contributed by atoms with Crippen LogP contribution in [-0.2, 0) is 9.53 Å². The van der Waals surface area contributed by atoms with Gasteiger partial charge in [0.2, 0.25) is 0 Å². The molecule has 1 fully saturated rings. The summed E-state index contributed by atoms with van der Waals surface area (Å²) in [6, 6.07) is 0. The molecule has 1 rings (SSSR count). The highest BCUT2D eigenvalue weighted by atomic mass is 16.5. The van der Waals surface area contributed by atoms with Gasteiger partial charge in [-0.25, -0.2) is 0 Å². The third kappa shape index (κ3) is 8.24. The van der Waals surface area contributed by atoms with Crippen molar-refractivity contribution in [2.45, 2.75) is 95.2 Å². The normalized spacial score (nSPS) is 26.8. The third-order valence-corrected chi connectivity index (χ3v) is 4.45. The highest BCUT2D eigenvalue weighted by molar-refractivity contribution is 5.66. The summed E-state index contributed by atoms with van der Waals surface area (Å²) in [6.45, 7) is 1.87. The van der Waals surface area contributed by atoms with E-state index in [4.69, 9.17) is 9.84 Å². The van der Waals surface area contributed by atoms with Crippen LogP contribution in [0.1, 0.15) is 64.7 Å². The number of aliphatic hydroxyl groups is 3. The standard InChI is InChI=1S/C18H32O6/c1-2-14(20)17-12-15(21)16(24-17)11-10-13(19)8-6-4-3-5-7-9-18(22)23/h10-11,13-17,19-21H,2-9,12H2,1H3,(H,22,23)/b11-10+/t13-,14-,15-,16+,17+/m1/s1. The Morgan fingerprint density at radius 1 is 1.21 bits per heavy atom. The smallest absolute Gasteiger partial charge is 0.303 e. The summed E-state index contributed by atoms with van der Waals surface area (Å²) in [7, 11) is 0. The van der Waals surface area contributed by atoms with Crippen LogP contribution in [-0.4, -0.2) is 56.9 Å². The molecule has 0 aromatic carbocycles. The van der Waals surface area contributed by atoms with Crippen LogP contribution in [0.4, 0.5) is 0 Å². The quantitative estimate of drug-likeness (QED) is 0.319. The fourth-order valence-electron chi connectivity index (χ4n) is 2.90. The maximum absolute atomic E-state index is 10.4. The first-order valence-electron chi connectivity index (χ1n) is 9.03. The Bertz CT molecular complexity index is 384. The van der Waals surface area contributed by atoms with E-state index in [9.17, 15) is 20.1 Å². The van der Waals surface area contributed by atoms with Gasteiger partial charge >= 0.3 is 5.97 Å². The molecule has 6 nitrogen and oxygen atoms in total. The predicted octanol–water partition coefficient (Wildman–Crippen LogP) is 2.01. The number of hydrogen-bond acceptors (Lipinski definition) is 5. The Labute approximate surface area is 144 Å². The van der Waals surface area contributed by atoms with Gasteiger partial charge in [-0.3, -0.25) is 4.79 Å². The van der Waals surface area contributed by atoms with Gasteiger partial charge in [-0.2, -0.15) is 0 Å². The molecular formula is C18H32O6. The molecule has 0 bridgehead atoms. The van der Waals surface area contributed by atoms with E-state index >= 15 is 0 Å². The second-order valence-corrected chi connectivity index (χ2v) is 6.57. The number of unbranched alkanes of at least 4 members (excludes halogenated alkanes) is 4. The molecular weight excluding hydrogens is 312 g/mol. The zero-order valence-corrected chi connectivity index (χ0v) is 14.5. The molecule has 24 heavy (non-hydrogen) atoms. The fraction of sp³-hybridized carbons (Fsp3) is 0.833. The van der Waals surface area contributed by atoms with E-state index in [-0.39, 0.29) is 12.5 Å². The van der Waals surface area contributed by atoms with Crippen molar-refractivity contribution in [3.63, 3.8) is 0 Å². The van der Waals surface area contributed by atoms with Crippen molar-refractivity contribution in [3.05, 3.63) is 12.2 Å². The number of aliphatic carboxylic acids is 1. The summed E-state index contributed by atoms with van der Waals surface area (Å²) in [4.78, 5) is 10.4. The second-order valence-electron chi connectivity index (χ2n) is 6.57. The number of carbonyl (C=O) groups is 1. The van der Waals surface area contributed by atoms with Gasteiger partial charge in [0.05, 0.1) is 24.4 Å². The van der Waals surface area contributed by atoms with Gasteiger partial charge in [-0.05, 0) is 19.3 Å². The van der Waals surface area contributed by atoms with Crippen LogP contribution in [0, 0.1) is 0 Å². The van der Waals surface area contributed by atoms with Gasteiger partial charge in [0.25, 0.3) is 0 Å². The minimum Gasteiger partial charge on any atom is -0.481 e. The van der Waals surface area contributed by atoms with Crippen LogP contribution in [0.2, 0.25) is 0 Å². The van der Waals surface area contributed by atoms with Crippen molar-refractivity contribution in [2.24, 2.45) is 0 Å². The van der Waals surface area contributed by atoms with Crippen LogP contribution < -0.4 is 0 Å².